The summed E-state index contributed by atoms with van der Waals surface area (Å²) in [5, 5.41) is 14.3. The van der Waals surface area contributed by atoms with E-state index in [0.717, 1.165) is 0 Å². The van der Waals surface area contributed by atoms with E-state index < -0.39 is 11.9 Å². The lowest BCUT2D eigenvalue weighted by Crippen LogP contribution is -2.29. The molecule has 102 valence electrons. The third-order valence-corrected chi connectivity index (χ3v) is 3.09. The van der Waals surface area contributed by atoms with Crippen molar-refractivity contribution in [3.8, 4) is 6.07 Å². The van der Waals surface area contributed by atoms with Crippen LogP contribution in [0.15, 0.2) is 29.4 Å². The molecule has 1 unspecified atom stereocenters. The number of hydrogen-bond donors (Lipinski definition) is 0. The first kappa shape index (κ1) is 13.7. The summed E-state index contributed by atoms with van der Waals surface area (Å²) in [5.74, 6) is -1.35. The topological polar surface area (TPSA) is 82.8 Å². The summed E-state index contributed by atoms with van der Waals surface area (Å²) in [5.41, 5.74) is 1.52. The average molecular weight is 271 g/mol. The van der Waals surface area contributed by atoms with Gasteiger partial charge in [-0.05, 0) is 25.1 Å². The Morgan fingerprint density at radius 1 is 1.55 bits per heavy atom. The van der Waals surface area contributed by atoms with Crippen molar-refractivity contribution < 1.29 is 14.3 Å². The summed E-state index contributed by atoms with van der Waals surface area (Å²) in [7, 11) is 1.28. The number of ether oxygens (including phenoxy) is 1. The summed E-state index contributed by atoms with van der Waals surface area (Å²) < 4.78 is 4.58. The fraction of sp³-hybridized carbons (Fsp3) is 0.286. The summed E-state index contributed by atoms with van der Waals surface area (Å²) in [6, 6.07) is 8.60. The second-order valence-electron chi connectivity index (χ2n) is 4.39. The maximum absolute atomic E-state index is 12.3. The summed E-state index contributed by atoms with van der Waals surface area (Å²) in [6.07, 6.45) is -0.0287. The first-order valence-electron chi connectivity index (χ1n) is 6.03. The SMILES string of the molecule is COC(=O)CC1C(=O)N(c2cccc(C#N)c2)N=C1C. The molecule has 1 aromatic rings. The van der Waals surface area contributed by atoms with Gasteiger partial charge < -0.3 is 4.74 Å². The van der Waals surface area contributed by atoms with Crippen LogP contribution in [0.2, 0.25) is 0 Å². The van der Waals surface area contributed by atoms with Crippen molar-refractivity contribution >= 4 is 23.3 Å². The molecule has 0 spiro atoms. The summed E-state index contributed by atoms with van der Waals surface area (Å²) >= 11 is 0. The van der Waals surface area contributed by atoms with Gasteiger partial charge in [0, 0.05) is 5.71 Å². The van der Waals surface area contributed by atoms with E-state index in [1.165, 1.54) is 12.1 Å². The Bertz CT molecular complexity index is 631. The van der Waals surface area contributed by atoms with Gasteiger partial charge in [-0.15, -0.1) is 0 Å². The molecule has 1 aromatic carbocycles. The number of anilines is 1. The van der Waals surface area contributed by atoms with Crippen molar-refractivity contribution in [2.24, 2.45) is 11.0 Å². The Morgan fingerprint density at radius 2 is 2.30 bits per heavy atom. The molecule has 1 aliphatic heterocycles. The Morgan fingerprint density at radius 3 is 2.95 bits per heavy atom. The summed E-state index contributed by atoms with van der Waals surface area (Å²) in [6.45, 7) is 1.69. The van der Waals surface area contributed by atoms with Crippen molar-refractivity contribution in [2.75, 3.05) is 12.1 Å². The molecule has 6 heteroatoms. The van der Waals surface area contributed by atoms with Gasteiger partial charge in [-0.1, -0.05) is 6.07 Å². The number of amides is 1. The number of carbonyl (C=O) groups excluding carboxylic acids is 2. The summed E-state index contributed by atoms with van der Waals surface area (Å²) in [4.78, 5) is 23.6. The van der Waals surface area contributed by atoms with Crippen LogP contribution < -0.4 is 5.01 Å². The molecular weight excluding hydrogens is 258 g/mol. The maximum Gasteiger partial charge on any atom is 0.306 e. The second-order valence-corrected chi connectivity index (χ2v) is 4.39. The van der Waals surface area contributed by atoms with Crippen LogP contribution in [-0.2, 0) is 14.3 Å². The van der Waals surface area contributed by atoms with Crippen LogP contribution in [0.1, 0.15) is 18.9 Å². The Kier molecular flexibility index (Phi) is 3.80. The lowest BCUT2D eigenvalue weighted by molar-refractivity contribution is -0.142. The molecule has 0 bridgehead atoms. The van der Waals surface area contributed by atoms with Crippen molar-refractivity contribution in [1.29, 1.82) is 5.26 Å². The molecule has 0 saturated carbocycles. The van der Waals surface area contributed by atoms with Gasteiger partial charge in [-0.2, -0.15) is 10.4 Å². The van der Waals surface area contributed by atoms with Gasteiger partial charge >= 0.3 is 5.97 Å². The number of benzene rings is 1. The van der Waals surface area contributed by atoms with E-state index in [0.29, 0.717) is 17.0 Å². The zero-order valence-electron chi connectivity index (χ0n) is 11.2. The van der Waals surface area contributed by atoms with E-state index in [1.54, 1.807) is 31.2 Å². The number of nitriles is 1. The van der Waals surface area contributed by atoms with Crippen molar-refractivity contribution in [3.05, 3.63) is 29.8 Å². The minimum Gasteiger partial charge on any atom is -0.469 e. The van der Waals surface area contributed by atoms with E-state index in [1.807, 2.05) is 6.07 Å². The van der Waals surface area contributed by atoms with Crippen molar-refractivity contribution in [3.63, 3.8) is 0 Å². The molecule has 1 heterocycles. The Hall–Kier alpha value is -2.68. The first-order valence-corrected chi connectivity index (χ1v) is 6.03. The van der Waals surface area contributed by atoms with E-state index in [2.05, 4.69) is 9.84 Å². The quantitative estimate of drug-likeness (QED) is 0.779. The zero-order chi connectivity index (χ0) is 14.7. The smallest absolute Gasteiger partial charge is 0.306 e. The van der Waals surface area contributed by atoms with Gasteiger partial charge in [0.05, 0.1) is 36.8 Å². The predicted octanol–water partition coefficient (Wildman–Crippen LogP) is 1.46. The zero-order valence-corrected chi connectivity index (χ0v) is 11.2. The Balaban J connectivity index is 2.25. The molecule has 0 saturated heterocycles. The molecule has 6 nitrogen and oxygen atoms in total. The predicted molar refractivity (Wildman–Crippen MR) is 71.9 cm³/mol. The molecule has 20 heavy (non-hydrogen) atoms. The van der Waals surface area contributed by atoms with Crippen LogP contribution in [0.5, 0.6) is 0 Å². The third-order valence-electron chi connectivity index (χ3n) is 3.09. The number of esters is 1. The van der Waals surface area contributed by atoms with Crippen LogP contribution in [0.4, 0.5) is 5.69 Å². The van der Waals surface area contributed by atoms with Crippen LogP contribution >= 0.6 is 0 Å². The second kappa shape index (κ2) is 5.53. The lowest BCUT2D eigenvalue weighted by atomic mass is 10.0. The average Bonchev–Trinajstić information content (AvgIpc) is 2.75. The van der Waals surface area contributed by atoms with Crippen LogP contribution in [0.25, 0.3) is 0 Å². The highest BCUT2D eigenvalue weighted by Gasteiger charge is 2.36. The molecular formula is C14H13N3O3. The van der Waals surface area contributed by atoms with E-state index in [9.17, 15) is 9.59 Å². The fourth-order valence-corrected chi connectivity index (χ4v) is 1.98. The molecule has 0 radical (unpaired) electrons. The van der Waals surface area contributed by atoms with Gasteiger partial charge in [0.25, 0.3) is 5.91 Å². The van der Waals surface area contributed by atoms with Crippen LogP contribution in [0.3, 0.4) is 0 Å². The highest BCUT2D eigenvalue weighted by molar-refractivity contribution is 6.16. The maximum atomic E-state index is 12.3. The van der Waals surface area contributed by atoms with Gasteiger partial charge in [0.15, 0.2) is 0 Å². The van der Waals surface area contributed by atoms with Gasteiger partial charge in [0.1, 0.15) is 0 Å². The van der Waals surface area contributed by atoms with Crippen LogP contribution in [0, 0.1) is 17.2 Å². The standard InChI is InChI=1S/C14H13N3O3/c1-9-12(7-13(18)20-2)14(19)17(16-9)11-5-3-4-10(6-11)8-15/h3-6,12H,7H2,1-2H3. The highest BCUT2D eigenvalue weighted by atomic mass is 16.5. The molecule has 2 rings (SSSR count). The number of hydrogen-bond acceptors (Lipinski definition) is 5. The minimum atomic E-state index is -0.604. The lowest BCUT2D eigenvalue weighted by Gasteiger charge is -2.14. The molecule has 0 aliphatic carbocycles. The fourth-order valence-electron chi connectivity index (χ4n) is 1.98. The molecule has 0 aromatic heterocycles. The third kappa shape index (κ3) is 2.52. The van der Waals surface area contributed by atoms with Crippen molar-refractivity contribution in [2.45, 2.75) is 13.3 Å². The van der Waals surface area contributed by atoms with E-state index in [-0.39, 0.29) is 12.3 Å². The first-order chi connectivity index (χ1) is 9.56. The normalized spacial score (nSPS) is 17.6. The molecule has 0 fully saturated rings. The highest BCUT2D eigenvalue weighted by Crippen LogP contribution is 2.26. The van der Waals surface area contributed by atoms with E-state index >= 15 is 0 Å². The van der Waals surface area contributed by atoms with Crippen molar-refractivity contribution in [1.82, 2.24) is 0 Å². The molecule has 1 atom stereocenters. The van der Waals surface area contributed by atoms with Gasteiger partial charge in [-0.3, -0.25) is 9.59 Å². The van der Waals surface area contributed by atoms with Gasteiger partial charge in [-0.25, -0.2) is 5.01 Å². The largest absolute Gasteiger partial charge is 0.469 e. The number of rotatable bonds is 3. The van der Waals surface area contributed by atoms with Crippen LogP contribution in [-0.4, -0.2) is 24.7 Å². The number of nitrogens with zero attached hydrogens (tertiary/aromatic N) is 3. The Labute approximate surface area is 116 Å². The minimum absolute atomic E-state index is 0.0287. The number of carbonyl (C=O) groups is 2. The number of methoxy groups -OCH3 is 1. The number of hydrazone groups is 1. The van der Waals surface area contributed by atoms with Gasteiger partial charge in [0.2, 0.25) is 0 Å². The molecule has 0 N–H and O–H groups in total. The molecule has 1 aliphatic rings. The van der Waals surface area contributed by atoms with E-state index in [4.69, 9.17) is 5.26 Å². The monoisotopic (exact) mass is 271 g/mol. The molecule has 1 amide bonds.